The largest absolute Gasteiger partial charge is 0.314 e. The van der Waals surface area contributed by atoms with Gasteiger partial charge in [-0.05, 0) is 68.5 Å². The Bertz CT molecular complexity index is 412. The minimum absolute atomic E-state index is 0.715. The lowest BCUT2D eigenvalue weighted by Gasteiger charge is -2.34. The van der Waals surface area contributed by atoms with Crippen molar-refractivity contribution in [3.8, 4) is 0 Å². The van der Waals surface area contributed by atoms with Crippen molar-refractivity contribution in [2.75, 3.05) is 6.54 Å². The molecule has 0 bridgehead atoms. The van der Waals surface area contributed by atoms with E-state index in [1.165, 1.54) is 62.6 Å². The summed E-state index contributed by atoms with van der Waals surface area (Å²) >= 11 is 0. The lowest BCUT2D eigenvalue weighted by Crippen LogP contribution is -2.39. The fourth-order valence-electron chi connectivity index (χ4n) is 3.88. The number of hydrogen-bond acceptors (Lipinski definition) is 1. The van der Waals surface area contributed by atoms with Gasteiger partial charge in [-0.2, -0.15) is 0 Å². The predicted octanol–water partition coefficient (Wildman–Crippen LogP) is 5.12. The van der Waals surface area contributed by atoms with Crippen LogP contribution in [-0.4, -0.2) is 12.6 Å². The molecule has 0 spiro atoms. The zero-order valence-electron chi connectivity index (χ0n) is 14.2. The van der Waals surface area contributed by atoms with Crippen LogP contribution in [0.4, 0.5) is 0 Å². The Morgan fingerprint density at radius 3 is 2.76 bits per heavy atom. The molecule has 118 valence electrons. The van der Waals surface area contributed by atoms with Crippen LogP contribution in [0.25, 0.3) is 0 Å². The molecule has 0 saturated heterocycles. The zero-order valence-corrected chi connectivity index (χ0v) is 14.2. The van der Waals surface area contributed by atoms with E-state index in [-0.39, 0.29) is 0 Å². The molecule has 1 aromatic carbocycles. The molecule has 1 N–H and O–H groups in total. The molecule has 0 heterocycles. The molecule has 0 amide bonds. The van der Waals surface area contributed by atoms with Gasteiger partial charge >= 0.3 is 0 Å². The van der Waals surface area contributed by atoms with Gasteiger partial charge in [0.15, 0.2) is 0 Å². The van der Waals surface area contributed by atoms with Crippen molar-refractivity contribution in [1.29, 1.82) is 0 Å². The van der Waals surface area contributed by atoms with Gasteiger partial charge in [0.2, 0.25) is 0 Å². The molecule has 1 heteroatoms. The summed E-state index contributed by atoms with van der Waals surface area (Å²) in [7, 11) is 0. The van der Waals surface area contributed by atoms with E-state index in [4.69, 9.17) is 0 Å². The summed E-state index contributed by atoms with van der Waals surface area (Å²) in [5.74, 6) is 1.82. The molecule has 1 saturated carbocycles. The molecule has 1 aliphatic rings. The SMILES string of the molecule is CCCNC(CCc1ccccc1C)C1CCCC(C)C1. The number of hydrogen-bond donors (Lipinski definition) is 1. The zero-order chi connectivity index (χ0) is 15.1. The second-order valence-electron chi connectivity index (χ2n) is 7.06. The van der Waals surface area contributed by atoms with Crippen LogP contribution in [0.2, 0.25) is 0 Å². The number of benzene rings is 1. The van der Waals surface area contributed by atoms with Gasteiger partial charge in [0.05, 0.1) is 0 Å². The van der Waals surface area contributed by atoms with Crippen LogP contribution in [0.5, 0.6) is 0 Å². The van der Waals surface area contributed by atoms with Gasteiger partial charge in [0.25, 0.3) is 0 Å². The molecule has 1 aromatic rings. The molecule has 1 fully saturated rings. The lowest BCUT2D eigenvalue weighted by molar-refractivity contribution is 0.215. The van der Waals surface area contributed by atoms with Crippen molar-refractivity contribution in [2.24, 2.45) is 11.8 Å². The lowest BCUT2D eigenvalue weighted by atomic mass is 9.77. The Morgan fingerprint density at radius 1 is 1.24 bits per heavy atom. The molecule has 1 aliphatic carbocycles. The summed E-state index contributed by atoms with van der Waals surface area (Å²) in [6.45, 7) is 8.12. The Morgan fingerprint density at radius 2 is 2.05 bits per heavy atom. The first kappa shape index (κ1) is 16.5. The smallest absolute Gasteiger partial charge is 0.00985 e. The van der Waals surface area contributed by atoms with E-state index < -0.39 is 0 Å². The number of nitrogens with one attached hydrogen (secondary N) is 1. The van der Waals surface area contributed by atoms with Crippen LogP contribution < -0.4 is 5.32 Å². The summed E-state index contributed by atoms with van der Waals surface area (Å²) in [4.78, 5) is 0. The normalized spacial score (nSPS) is 24.0. The minimum Gasteiger partial charge on any atom is -0.314 e. The van der Waals surface area contributed by atoms with E-state index in [0.29, 0.717) is 6.04 Å². The minimum atomic E-state index is 0.715. The van der Waals surface area contributed by atoms with Gasteiger partial charge in [0.1, 0.15) is 0 Å². The Kier molecular flexibility index (Phi) is 6.76. The van der Waals surface area contributed by atoms with Crippen LogP contribution in [0, 0.1) is 18.8 Å². The van der Waals surface area contributed by atoms with E-state index in [1.807, 2.05) is 0 Å². The standard InChI is InChI=1S/C20H33N/c1-4-14-21-20(19-11-7-8-16(2)15-19)13-12-18-10-6-5-9-17(18)3/h5-6,9-10,16,19-21H,4,7-8,11-15H2,1-3H3. The maximum absolute atomic E-state index is 3.85. The highest BCUT2D eigenvalue weighted by atomic mass is 14.9. The van der Waals surface area contributed by atoms with E-state index in [1.54, 1.807) is 0 Å². The monoisotopic (exact) mass is 287 g/mol. The van der Waals surface area contributed by atoms with Gasteiger partial charge in [-0.15, -0.1) is 0 Å². The van der Waals surface area contributed by atoms with E-state index >= 15 is 0 Å². The Hall–Kier alpha value is -0.820. The summed E-state index contributed by atoms with van der Waals surface area (Å²) in [6, 6.07) is 9.59. The summed E-state index contributed by atoms with van der Waals surface area (Å²) < 4.78 is 0. The Labute approximate surface area is 131 Å². The van der Waals surface area contributed by atoms with Crippen molar-refractivity contribution in [3.05, 3.63) is 35.4 Å². The van der Waals surface area contributed by atoms with Gasteiger partial charge in [-0.3, -0.25) is 0 Å². The molecule has 21 heavy (non-hydrogen) atoms. The highest BCUT2D eigenvalue weighted by molar-refractivity contribution is 5.25. The maximum atomic E-state index is 3.85. The number of rotatable bonds is 7. The molecular formula is C20H33N. The topological polar surface area (TPSA) is 12.0 Å². The van der Waals surface area contributed by atoms with Crippen LogP contribution in [0.3, 0.4) is 0 Å². The van der Waals surface area contributed by atoms with Gasteiger partial charge in [0, 0.05) is 6.04 Å². The third-order valence-electron chi connectivity index (χ3n) is 5.19. The summed E-state index contributed by atoms with van der Waals surface area (Å²) in [6.07, 6.45) is 9.48. The average molecular weight is 287 g/mol. The quantitative estimate of drug-likeness (QED) is 0.733. The van der Waals surface area contributed by atoms with Crippen molar-refractivity contribution in [2.45, 2.75) is 71.8 Å². The van der Waals surface area contributed by atoms with Gasteiger partial charge < -0.3 is 5.32 Å². The first-order valence-electron chi connectivity index (χ1n) is 8.98. The maximum Gasteiger partial charge on any atom is 0.00985 e. The van der Waals surface area contributed by atoms with E-state index in [2.05, 4.69) is 50.4 Å². The molecule has 0 radical (unpaired) electrons. The molecule has 2 rings (SSSR count). The van der Waals surface area contributed by atoms with Crippen molar-refractivity contribution in [3.63, 3.8) is 0 Å². The van der Waals surface area contributed by atoms with Gasteiger partial charge in [-0.1, -0.05) is 51.0 Å². The van der Waals surface area contributed by atoms with Crippen LogP contribution in [0.1, 0.15) is 63.5 Å². The molecule has 0 aromatic heterocycles. The molecule has 1 nitrogen and oxygen atoms in total. The highest BCUT2D eigenvalue weighted by Gasteiger charge is 2.26. The second kappa shape index (κ2) is 8.58. The van der Waals surface area contributed by atoms with Crippen molar-refractivity contribution in [1.82, 2.24) is 5.32 Å². The third-order valence-corrected chi connectivity index (χ3v) is 5.19. The molecule has 3 unspecified atom stereocenters. The second-order valence-corrected chi connectivity index (χ2v) is 7.06. The van der Waals surface area contributed by atoms with Crippen molar-refractivity contribution < 1.29 is 0 Å². The molecule has 3 atom stereocenters. The third kappa shape index (κ3) is 5.14. The Balaban J connectivity index is 1.94. The van der Waals surface area contributed by atoms with Gasteiger partial charge in [-0.25, -0.2) is 0 Å². The highest BCUT2D eigenvalue weighted by Crippen LogP contribution is 2.32. The predicted molar refractivity (Wildman–Crippen MR) is 92.7 cm³/mol. The first-order valence-corrected chi connectivity index (χ1v) is 8.98. The fraction of sp³-hybridized carbons (Fsp3) is 0.700. The summed E-state index contributed by atoms with van der Waals surface area (Å²) in [5.41, 5.74) is 2.98. The van der Waals surface area contributed by atoms with Crippen molar-refractivity contribution >= 4 is 0 Å². The first-order chi connectivity index (χ1) is 10.2. The van der Waals surface area contributed by atoms with E-state index in [0.717, 1.165) is 11.8 Å². The van der Waals surface area contributed by atoms with Crippen LogP contribution in [-0.2, 0) is 6.42 Å². The fourth-order valence-corrected chi connectivity index (χ4v) is 3.88. The van der Waals surface area contributed by atoms with E-state index in [9.17, 15) is 0 Å². The summed E-state index contributed by atoms with van der Waals surface area (Å²) in [5, 5.41) is 3.85. The molecular weight excluding hydrogens is 254 g/mol. The average Bonchev–Trinajstić information content (AvgIpc) is 2.49. The van der Waals surface area contributed by atoms with Crippen LogP contribution >= 0.6 is 0 Å². The molecule has 0 aliphatic heterocycles. The number of aryl methyl sites for hydroxylation is 2. The van der Waals surface area contributed by atoms with Crippen LogP contribution in [0.15, 0.2) is 24.3 Å².